The van der Waals surface area contributed by atoms with Gasteiger partial charge in [0.15, 0.2) is 0 Å². The van der Waals surface area contributed by atoms with E-state index in [1.54, 1.807) is 0 Å². The molecule has 0 aromatic rings. The Bertz CT molecular complexity index is 227. The van der Waals surface area contributed by atoms with Gasteiger partial charge < -0.3 is 10.2 Å². The Hall–Kier alpha value is -0.0800. The van der Waals surface area contributed by atoms with E-state index in [0.29, 0.717) is 11.8 Å². The van der Waals surface area contributed by atoms with Gasteiger partial charge in [-0.25, -0.2) is 0 Å². The Morgan fingerprint density at radius 3 is 2.44 bits per heavy atom. The minimum Gasteiger partial charge on any atom is -0.396 e. The van der Waals surface area contributed by atoms with Crippen LogP contribution in [0.2, 0.25) is 0 Å². The van der Waals surface area contributed by atoms with Crippen LogP contribution in [0.3, 0.4) is 0 Å². The van der Waals surface area contributed by atoms with E-state index in [4.69, 9.17) is 0 Å². The molecule has 0 radical (unpaired) electrons. The minimum absolute atomic E-state index is 0.0789. The normalized spacial score (nSPS) is 35.8. The first-order chi connectivity index (χ1) is 7.35. The molecule has 3 atom stereocenters. The summed E-state index contributed by atoms with van der Waals surface area (Å²) in [7, 11) is 0. The van der Waals surface area contributed by atoms with Crippen LogP contribution in [0.25, 0.3) is 0 Å². The van der Waals surface area contributed by atoms with E-state index in [2.05, 4.69) is 20.8 Å². The van der Waals surface area contributed by atoms with Crippen molar-refractivity contribution in [1.82, 2.24) is 0 Å². The second kappa shape index (κ2) is 5.05. The van der Waals surface area contributed by atoms with Crippen molar-refractivity contribution in [2.75, 3.05) is 6.61 Å². The average molecular weight is 228 g/mol. The molecule has 2 nitrogen and oxygen atoms in total. The van der Waals surface area contributed by atoms with Crippen LogP contribution in [0.5, 0.6) is 0 Å². The molecule has 1 aliphatic rings. The maximum atomic E-state index is 10.9. The van der Waals surface area contributed by atoms with Crippen molar-refractivity contribution in [3.8, 4) is 0 Å². The molecule has 0 aromatic carbocycles. The highest BCUT2D eigenvalue weighted by Crippen LogP contribution is 2.46. The summed E-state index contributed by atoms with van der Waals surface area (Å²) in [5, 5.41) is 20.6. The fourth-order valence-electron chi connectivity index (χ4n) is 2.94. The zero-order chi connectivity index (χ0) is 12.4. The Morgan fingerprint density at radius 1 is 1.31 bits per heavy atom. The quantitative estimate of drug-likeness (QED) is 0.729. The first kappa shape index (κ1) is 14.0. The molecule has 0 saturated heterocycles. The molecule has 3 unspecified atom stereocenters. The van der Waals surface area contributed by atoms with Gasteiger partial charge >= 0.3 is 0 Å². The molecular formula is C14H28O2. The maximum absolute atomic E-state index is 10.9. The van der Waals surface area contributed by atoms with Crippen LogP contribution in [-0.2, 0) is 0 Å². The van der Waals surface area contributed by atoms with Gasteiger partial charge in [0.05, 0.1) is 12.2 Å². The van der Waals surface area contributed by atoms with Crippen LogP contribution in [0, 0.1) is 17.3 Å². The lowest BCUT2D eigenvalue weighted by molar-refractivity contribution is -0.132. The first-order valence-corrected chi connectivity index (χ1v) is 6.69. The lowest BCUT2D eigenvalue weighted by Crippen LogP contribution is -2.51. The van der Waals surface area contributed by atoms with Gasteiger partial charge in [0.2, 0.25) is 0 Å². The maximum Gasteiger partial charge on any atom is 0.0725 e. The van der Waals surface area contributed by atoms with E-state index in [1.165, 1.54) is 6.42 Å². The first-order valence-electron chi connectivity index (χ1n) is 6.69. The van der Waals surface area contributed by atoms with E-state index < -0.39 is 5.60 Å². The number of hydrogen-bond donors (Lipinski definition) is 2. The van der Waals surface area contributed by atoms with Crippen LogP contribution in [0.4, 0.5) is 0 Å². The van der Waals surface area contributed by atoms with Crippen molar-refractivity contribution in [3.63, 3.8) is 0 Å². The smallest absolute Gasteiger partial charge is 0.0725 e. The highest BCUT2D eigenvalue weighted by molar-refractivity contribution is 4.98. The van der Waals surface area contributed by atoms with Gasteiger partial charge in [-0.3, -0.25) is 0 Å². The van der Waals surface area contributed by atoms with E-state index in [1.807, 2.05) is 6.92 Å². The average Bonchev–Trinajstić information content (AvgIpc) is 2.40. The van der Waals surface area contributed by atoms with Crippen molar-refractivity contribution in [2.24, 2.45) is 17.3 Å². The fraction of sp³-hybridized carbons (Fsp3) is 1.00. The van der Waals surface area contributed by atoms with Crippen molar-refractivity contribution < 1.29 is 10.2 Å². The molecular weight excluding hydrogens is 200 g/mol. The molecule has 1 fully saturated rings. The van der Waals surface area contributed by atoms with Crippen molar-refractivity contribution in [1.29, 1.82) is 0 Å². The molecule has 96 valence electrons. The lowest BCUT2D eigenvalue weighted by Gasteiger charge is -2.47. The Balaban J connectivity index is 2.89. The highest BCUT2D eigenvalue weighted by atomic mass is 16.3. The van der Waals surface area contributed by atoms with Gasteiger partial charge in [-0.2, -0.15) is 0 Å². The Morgan fingerprint density at radius 2 is 1.94 bits per heavy atom. The number of rotatable bonds is 3. The summed E-state index contributed by atoms with van der Waals surface area (Å²) >= 11 is 0. The summed E-state index contributed by atoms with van der Waals surface area (Å²) in [5.74, 6) is 1.01. The summed E-state index contributed by atoms with van der Waals surface area (Å²) < 4.78 is 0. The molecule has 0 bridgehead atoms. The second-order valence-electron chi connectivity index (χ2n) is 6.30. The number of aliphatic hydroxyl groups is 2. The molecule has 0 spiro atoms. The second-order valence-corrected chi connectivity index (χ2v) is 6.30. The Kier molecular flexibility index (Phi) is 4.42. The molecule has 1 saturated carbocycles. The molecule has 2 heteroatoms. The zero-order valence-corrected chi connectivity index (χ0v) is 11.3. The molecule has 0 aliphatic heterocycles. The summed E-state index contributed by atoms with van der Waals surface area (Å²) in [6, 6.07) is 0. The van der Waals surface area contributed by atoms with Crippen LogP contribution >= 0.6 is 0 Å². The van der Waals surface area contributed by atoms with Gasteiger partial charge in [0.1, 0.15) is 0 Å². The van der Waals surface area contributed by atoms with Gasteiger partial charge in [0, 0.05) is 5.41 Å². The lowest BCUT2D eigenvalue weighted by atomic mass is 9.63. The summed E-state index contributed by atoms with van der Waals surface area (Å²) in [5.41, 5.74) is -1.04. The molecule has 16 heavy (non-hydrogen) atoms. The SMILES string of the molecule is CC1CCCC(O)(C(C)(CO)C(C)C)CC1. The molecule has 0 aromatic heterocycles. The third kappa shape index (κ3) is 2.43. The van der Waals surface area contributed by atoms with E-state index >= 15 is 0 Å². The van der Waals surface area contributed by atoms with Crippen LogP contribution < -0.4 is 0 Å². The zero-order valence-electron chi connectivity index (χ0n) is 11.3. The van der Waals surface area contributed by atoms with Gasteiger partial charge in [0.25, 0.3) is 0 Å². The molecule has 1 aliphatic carbocycles. The minimum atomic E-state index is -0.680. The summed E-state index contributed by atoms with van der Waals surface area (Å²) in [6.45, 7) is 8.58. The third-order valence-corrected chi connectivity index (χ3v) is 5.00. The van der Waals surface area contributed by atoms with Gasteiger partial charge in [-0.15, -0.1) is 0 Å². The molecule has 0 heterocycles. The number of hydrogen-bond acceptors (Lipinski definition) is 2. The van der Waals surface area contributed by atoms with E-state index in [-0.39, 0.29) is 12.0 Å². The van der Waals surface area contributed by atoms with Crippen molar-refractivity contribution >= 4 is 0 Å². The summed E-state index contributed by atoms with van der Waals surface area (Å²) in [6.07, 6.45) is 5.05. The Labute approximate surface area is 100 Å². The van der Waals surface area contributed by atoms with Crippen LogP contribution in [0.15, 0.2) is 0 Å². The highest BCUT2D eigenvalue weighted by Gasteiger charge is 2.48. The summed E-state index contributed by atoms with van der Waals surface area (Å²) in [4.78, 5) is 0. The fourth-order valence-corrected chi connectivity index (χ4v) is 2.94. The largest absolute Gasteiger partial charge is 0.396 e. The predicted molar refractivity (Wildman–Crippen MR) is 67.2 cm³/mol. The standard InChI is InChI=1S/C14H28O2/c1-11(2)13(4,10-15)14(16)8-5-6-12(3)7-9-14/h11-12,15-16H,5-10H2,1-4H3. The molecule has 2 N–H and O–H groups in total. The van der Waals surface area contributed by atoms with Gasteiger partial charge in [-0.05, 0) is 31.1 Å². The number of aliphatic hydroxyl groups excluding tert-OH is 1. The topological polar surface area (TPSA) is 40.5 Å². The monoisotopic (exact) mass is 228 g/mol. The van der Waals surface area contributed by atoms with E-state index in [9.17, 15) is 10.2 Å². The molecule has 1 rings (SSSR count). The van der Waals surface area contributed by atoms with Crippen LogP contribution in [0.1, 0.15) is 59.8 Å². The predicted octanol–water partition coefficient (Wildman–Crippen LogP) is 2.97. The van der Waals surface area contributed by atoms with Crippen molar-refractivity contribution in [3.05, 3.63) is 0 Å². The van der Waals surface area contributed by atoms with E-state index in [0.717, 1.165) is 25.7 Å². The third-order valence-electron chi connectivity index (χ3n) is 5.00. The van der Waals surface area contributed by atoms with Gasteiger partial charge in [-0.1, -0.05) is 40.5 Å². The van der Waals surface area contributed by atoms with Crippen molar-refractivity contribution in [2.45, 2.75) is 65.4 Å². The molecule has 0 amide bonds. The van der Waals surface area contributed by atoms with Crippen LogP contribution in [-0.4, -0.2) is 22.4 Å².